The summed E-state index contributed by atoms with van der Waals surface area (Å²) in [5.74, 6) is 1.13. The predicted molar refractivity (Wildman–Crippen MR) is 73.1 cm³/mol. The molecule has 0 spiro atoms. The quantitative estimate of drug-likeness (QED) is 0.929. The van der Waals surface area contributed by atoms with Crippen LogP contribution in [0.4, 0.5) is 0 Å². The Kier molecular flexibility index (Phi) is 3.99. The summed E-state index contributed by atoms with van der Waals surface area (Å²) in [5, 5.41) is 0.436. The standard InChI is InChI=1S/C13H18ClNO2S/c1-9-6-12(7-10(9)2)15-18(16,17)13-5-3-4-11(14)8-13/h3-5,8-10,12,15H,6-7H2,1-2H3/t9-,10+,12?. The number of hydrogen-bond acceptors (Lipinski definition) is 2. The fourth-order valence-electron chi connectivity index (χ4n) is 2.48. The molecule has 1 saturated carbocycles. The third-order valence-corrected chi connectivity index (χ3v) is 5.47. The molecular weight excluding hydrogens is 270 g/mol. The molecule has 1 aliphatic rings. The summed E-state index contributed by atoms with van der Waals surface area (Å²) in [5.41, 5.74) is 0. The molecule has 1 aliphatic carbocycles. The molecule has 100 valence electrons. The van der Waals surface area contributed by atoms with Crippen LogP contribution in [0.2, 0.25) is 5.02 Å². The van der Waals surface area contributed by atoms with Gasteiger partial charge in [-0.2, -0.15) is 0 Å². The van der Waals surface area contributed by atoms with Crippen molar-refractivity contribution in [2.75, 3.05) is 0 Å². The average Bonchev–Trinajstić information content (AvgIpc) is 2.57. The van der Waals surface area contributed by atoms with Gasteiger partial charge in [-0.1, -0.05) is 31.5 Å². The first-order valence-corrected chi connectivity index (χ1v) is 8.02. The summed E-state index contributed by atoms with van der Waals surface area (Å²) in [6.07, 6.45) is 1.81. The Morgan fingerprint density at radius 1 is 1.22 bits per heavy atom. The van der Waals surface area contributed by atoms with Gasteiger partial charge in [0.25, 0.3) is 0 Å². The van der Waals surface area contributed by atoms with E-state index >= 15 is 0 Å². The summed E-state index contributed by atoms with van der Waals surface area (Å²) in [6, 6.07) is 6.40. The summed E-state index contributed by atoms with van der Waals surface area (Å²) in [6.45, 7) is 4.33. The molecule has 0 aliphatic heterocycles. The van der Waals surface area contributed by atoms with Gasteiger partial charge in [0, 0.05) is 11.1 Å². The van der Waals surface area contributed by atoms with Crippen LogP contribution < -0.4 is 4.72 Å². The van der Waals surface area contributed by atoms with Crippen molar-refractivity contribution in [3.8, 4) is 0 Å². The Morgan fingerprint density at radius 2 is 1.83 bits per heavy atom. The maximum Gasteiger partial charge on any atom is 0.240 e. The highest BCUT2D eigenvalue weighted by atomic mass is 35.5. The number of sulfonamides is 1. The highest BCUT2D eigenvalue weighted by Gasteiger charge is 2.31. The molecule has 2 rings (SSSR count). The highest BCUT2D eigenvalue weighted by Crippen LogP contribution is 2.31. The number of hydrogen-bond donors (Lipinski definition) is 1. The van der Waals surface area contributed by atoms with Crippen LogP contribution >= 0.6 is 11.6 Å². The molecular formula is C13H18ClNO2S. The van der Waals surface area contributed by atoms with Crippen LogP contribution in [-0.4, -0.2) is 14.5 Å². The van der Waals surface area contributed by atoms with Crippen LogP contribution in [0.1, 0.15) is 26.7 Å². The Morgan fingerprint density at radius 3 is 2.39 bits per heavy atom. The van der Waals surface area contributed by atoms with Crippen molar-refractivity contribution in [3.63, 3.8) is 0 Å². The maximum absolute atomic E-state index is 12.2. The van der Waals surface area contributed by atoms with E-state index < -0.39 is 10.0 Å². The lowest BCUT2D eigenvalue weighted by atomic mass is 10.0. The van der Waals surface area contributed by atoms with E-state index in [2.05, 4.69) is 18.6 Å². The van der Waals surface area contributed by atoms with Gasteiger partial charge in [0.1, 0.15) is 0 Å². The molecule has 1 N–H and O–H groups in total. The molecule has 0 radical (unpaired) electrons. The van der Waals surface area contributed by atoms with E-state index in [-0.39, 0.29) is 10.9 Å². The van der Waals surface area contributed by atoms with Crippen molar-refractivity contribution < 1.29 is 8.42 Å². The van der Waals surface area contributed by atoms with E-state index in [9.17, 15) is 8.42 Å². The average molecular weight is 288 g/mol. The minimum absolute atomic E-state index is 0.0407. The molecule has 1 fully saturated rings. The minimum Gasteiger partial charge on any atom is -0.208 e. The Balaban J connectivity index is 2.13. The van der Waals surface area contributed by atoms with Gasteiger partial charge in [-0.25, -0.2) is 13.1 Å². The second-order valence-corrected chi connectivity index (χ2v) is 7.35. The van der Waals surface area contributed by atoms with Crippen LogP contribution in [0.3, 0.4) is 0 Å². The van der Waals surface area contributed by atoms with Crippen LogP contribution in [0.5, 0.6) is 0 Å². The van der Waals surface area contributed by atoms with Crippen molar-refractivity contribution in [3.05, 3.63) is 29.3 Å². The first-order valence-electron chi connectivity index (χ1n) is 6.16. The van der Waals surface area contributed by atoms with E-state index in [0.29, 0.717) is 16.9 Å². The molecule has 0 aromatic heterocycles. The van der Waals surface area contributed by atoms with E-state index in [1.807, 2.05) is 0 Å². The maximum atomic E-state index is 12.2. The second-order valence-electron chi connectivity index (χ2n) is 5.20. The lowest BCUT2D eigenvalue weighted by Gasteiger charge is -2.13. The zero-order chi connectivity index (χ0) is 13.3. The summed E-state index contributed by atoms with van der Waals surface area (Å²) < 4.78 is 27.1. The predicted octanol–water partition coefficient (Wildman–Crippen LogP) is 3.05. The van der Waals surface area contributed by atoms with Crippen molar-refractivity contribution in [2.24, 2.45) is 11.8 Å². The molecule has 1 aromatic carbocycles. The molecule has 0 amide bonds. The van der Waals surface area contributed by atoms with E-state index in [4.69, 9.17) is 11.6 Å². The number of nitrogens with one attached hydrogen (secondary N) is 1. The largest absolute Gasteiger partial charge is 0.240 e. The zero-order valence-electron chi connectivity index (χ0n) is 10.6. The molecule has 1 unspecified atom stereocenters. The first kappa shape index (κ1) is 13.8. The highest BCUT2D eigenvalue weighted by molar-refractivity contribution is 7.89. The summed E-state index contributed by atoms with van der Waals surface area (Å²) in [7, 11) is -3.45. The van der Waals surface area contributed by atoms with Crippen molar-refractivity contribution in [1.82, 2.24) is 4.72 Å². The fraction of sp³-hybridized carbons (Fsp3) is 0.538. The number of halogens is 1. The fourth-order valence-corrected chi connectivity index (χ4v) is 4.04. The van der Waals surface area contributed by atoms with Crippen molar-refractivity contribution >= 4 is 21.6 Å². The molecule has 3 nitrogen and oxygen atoms in total. The van der Waals surface area contributed by atoms with E-state index in [0.717, 1.165) is 12.8 Å². The molecule has 3 atom stereocenters. The van der Waals surface area contributed by atoms with Gasteiger partial charge in [0.2, 0.25) is 10.0 Å². The van der Waals surface area contributed by atoms with Gasteiger partial charge in [-0.15, -0.1) is 0 Å². The molecule has 5 heteroatoms. The first-order chi connectivity index (χ1) is 8.38. The molecule has 0 heterocycles. The molecule has 1 aromatic rings. The van der Waals surface area contributed by atoms with Crippen molar-refractivity contribution in [2.45, 2.75) is 37.6 Å². The SMILES string of the molecule is C[C@@H]1CC(NS(=O)(=O)c2cccc(Cl)c2)C[C@@H]1C. The Labute approximate surface area is 114 Å². The van der Waals surface area contributed by atoms with Gasteiger partial charge in [-0.05, 0) is 42.9 Å². The Hall–Kier alpha value is -0.580. The van der Waals surface area contributed by atoms with Gasteiger partial charge in [0.05, 0.1) is 4.90 Å². The Bertz CT molecular complexity index is 520. The van der Waals surface area contributed by atoms with Gasteiger partial charge in [0.15, 0.2) is 0 Å². The zero-order valence-corrected chi connectivity index (χ0v) is 12.1. The topological polar surface area (TPSA) is 46.2 Å². The summed E-state index contributed by atoms with van der Waals surface area (Å²) >= 11 is 5.82. The molecule has 18 heavy (non-hydrogen) atoms. The molecule has 0 saturated heterocycles. The second kappa shape index (κ2) is 5.19. The van der Waals surface area contributed by atoms with Gasteiger partial charge >= 0.3 is 0 Å². The van der Waals surface area contributed by atoms with E-state index in [1.165, 1.54) is 6.07 Å². The van der Waals surface area contributed by atoms with Crippen LogP contribution in [-0.2, 0) is 10.0 Å². The van der Waals surface area contributed by atoms with E-state index in [1.54, 1.807) is 18.2 Å². The lowest BCUT2D eigenvalue weighted by molar-refractivity contribution is 0.457. The van der Waals surface area contributed by atoms with Gasteiger partial charge in [-0.3, -0.25) is 0 Å². The monoisotopic (exact) mass is 287 g/mol. The summed E-state index contributed by atoms with van der Waals surface area (Å²) in [4.78, 5) is 0.238. The molecule has 0 bridgehead atoms. The van der Waals surface area contributed by atoms with Gasteiger partial charge < -0.3 is 0 Å². The van der Waals surface area contributed by atoms with Crippen molar-refractivity contribution in [1.29, 1.82) is 0 Å². The third-order valence-electron chi connectivity index (χ3n) is 3.71. The number of rotatable bonds is 3. The van der Waals surface area contributed by atoms with Crippen LogP contribution in [0, 0.1) is 11.8 Å². The van der Waals surface area contributed by atoms with Crippen LogP contribution in [0.25, 0.3) is 0 Å². The minimum atomic E-state index is -3.45. The normalized spacial score (nSPS) is 28.5. The lowest BCUT2D eigenvalue weighted by Crippen LogP contribution is -2.33. The number of benzene rings is 1. The third kappa shape index (κ3) is 3.05. The van der Waals surface area contributed by atoms with Crippen LogP contribution in [0.15, 0.2) is 29.2 Å². The smallest absolute Gasteiger partial charge is 0.208 e.